The number of nitrogens with zero attached hydrogens (tertiary/aromatic N) is 3. The van der Waals surface area contributed by atoms with Crippen LogP contribution in [0.3, 0.4) is 0 Å². The number of urea groups is 1. The Balaban J connectivity index is 1.73. The molecule has 0 radical (unpaired) electrons. The van der Waals surface area contributed by atoms with Crippen LogP contribution in [0.2, 0.25) is 0 Å². The van der Waals surface area contributed by atoms with Gasteiger partial charge >= 0.3 is 6.03 Å². The molecule has 1 aliphatic rings. The molecule has 1 aromatic heterocycles. The van der Waals surface area contributed by atoms with Crippen LogP contribution in [0.4, 0.5) is 4.79 Å². The van der Waals surface area contributed by atoms with Crippen molar-refractivity contribution in [3.05, 3.63) is 42.1 Å². The van der Waals surface area contributed by atoms with Crippen LogP contribution in [0.5, 0.6) is 0 Å². The molecule has 3 amide bonds. The van der Waals surface area contributed by atoms with Gasteiger partial charge in [-0.05, 0) is 19.1 Å². The normalized spacial score (nSPS) is 14.8. The van der Waals surface area contributed by atoms with Gasteiger partial charge in [0, 0.05) is 44.3 Å². The van der Waals surface area contributed by atoms with Crippen molar-refractivity contribution < 1.29 is 9.59 Å². The second-order valence-corrected chi connectivity index (χ2v) is 5.49. The van der Waals surface area contributed by atoms with Gasteiger partial charge in [-0.3, -0.25) is 9.78 Å². The highest BCUT2D eigenvalue weighted by Gasteiger charge is 2.25. The molecular formula is C17H20N4O2. The molecular weight excluding hydrogens is 292 g/mol. The van der Waals surface area contributed by atoms with Crippen molar-refractivity contribution in [2.75, 3.05) is 32.7 Å². The second kappa shape index (κ2) is 6.64. The summed E-state index contributed by atoms with van der Waals surface area (Å²) in [6, 6.07) is 9.34. The molecule has 0 unspecified atom stereocenters. The summed E-state index contributed by atoms with van der Waals surface area (Å²) in [6.45, 7) is 4.72. The summed E-state index contributed by atoms with van der Waals surface area (Å²) in [7, 11) is 0. The number of amides is 3. The zero-order valence-corrected chi connectivity index (χ0v) is 13.2. The quantitative estimate of drug-likeness (QED) is 0.918. The number of carbonyl (C=O) groups is 2. The van der Waals surface area contributed by atoms with Gasteiger partial charge in [-0.1, -0.05) is 18.2 Å². The molecule has 23 heavy (non-hydrogen) atoms. The number of hydrogen-bond acceptors (Lipinski definition) is 3. The van der Waals surface area contributed by atoms with E-state index in [9.17, 15) is 9.59 Å². The minimum Gasteiger partial charge on any atom is -0.338 e. The van der Waals surface area contributed by atoms with Crippen LogP contribution in [0.25, 0.3) is 10.9 Å². The molecule has 3 rings (SSSR count). The zero-order chi connectivity index (χ0) is 16.2. The minimum atomic E-state index is -0.0611. The molecule has 120 valence electrons. The van der Waals surface area contributed by atoms with Crippen molar-refractivity contribution in [3.63, 3.8) is 0 Å². The van der Waals surface area contributed by atoms with Gasteiger partial charge in [-0.2, -0.15) is 0 Å². The van der Waals surface area contributed by atoms with E-state index in [0.717, 1.165) is 10.9 Å². The fourth-order valence-electron chi connectivity index (χ4n) is 2.83. The van der Waals surface area contributed by atoms with E-state index in [1.807, 2.05) is 31.2 Å². The Kier molecular flexibility index (Phi) is 4.41. The Morgan fingerprint density at radius 3 is 2.52 bits per heavy atom. The molecule has 2 aromatic rings. The lowest BCUT2D eigenvalue weighted by atomic mass is 10.1. The van der Waals surface area contributed by atoms with Crippen molar-refractivity contribution in [2.45, 2.75) is 6.92 Å². The number of fused-ring (bicyclic) bond motifs is 1. The molecule has 1 fully saturated rings. The first-order valence-corrected chi connectivity index (χ1v) is 7.86. The van der Waals surface area contributed by atoms with E-state index in [4.69, 9.17) is 0 Å². The van der Waals surface area contributed by atoms with Gasteiger partial charge in [0.15, 0.2) is 0 Å². The van der Waals surface area contributed by atoms with Crippen LogP contribution < -0.4 is 5.32 Å². The molecule has 2 heterocycles. The number of rotatable bonds is 2. The fraction of sp³-hybridized carbons (Fsp3) is 0.353. The van der Waals surface area contributed by atoms with Crippen LogP contribution in [0.15, 0.2) is 36.5 Å². The second-order valence-electron chi connectivity index (χ2n) is 5.49. The molecule has 6 nitrogen and oxygen atoms in total. The first-order valence-electron chi connectivity index (χ1n) is 7.86. The largest absolute Gasteiger partial charge is 0.338 e. The molecule has 6 heteroatoms. The van der Waals surface area contributed by atoms with Crippen LogP contribution in [-0.4, -0.2) is 59.4 Å². The van der Waals surface area contributed by atoms with E-state index in [-0.39, 0.29) is 11.9 Å². The van der Waals surface area contributed by atoms with E-state index in [2.05, 4.69) is 10.3 Å². The lowest BCUT2D eigenvalue weighted by Crippen LogP contribution is -2.53. The molecule has 0 saturated carbocycles. The first kappa shape index (κ1) is 15.3. The van der Waals surface area contributed by atoms with Crippen molar-refractivity contribution in [1.82, 2.24) is 20.1 Å². The van der Waals surface area contributed by atoms with Gasteiger partial charge < -0.3 is 15.1 Å². The summed E-state index contributed by atoms with van der Waals surface area (Å²) >= 11 is 0. The van der Waals surface area contributed by atoms with Crippen molar-refractivity contribution in [2.24, 2.45) is 0 Å². The van der Waals surface area contributed by atoms with Crippen molar-refractivity contribution >= 4 is 22.8 Å². The van der Waals surface area contributed by atoms with Gasteiger partial charge in [-0.25, -0.2) is 4.79 Å². The van der Waals surface area contributed by atoms with Crippen LogP contribution in [0, 0.1) is 0 Å². The molecule has 0 bridgehead atoms. The minimum absolute atomic E-state index is 0.000787. The molecule has 0 spiro atoms. The summed E-state index contributed by atoms with van der Waals surface area (Å²) in [4.78, 5) is 32.5. The van der Waals surface area contributed by atoms with E-state index in [1.165, 1.54) is 0 Å². The lowest BCUT2D eigenvalue weighted by molar-refractivity contribution is 0.0667. The smallest absolute Gasteiger partial charge is 0.317 e. The number of hydrogen-bond donors (Lipinski definition) is 1. The molecule has 1 aliphatic heterocycles. The predicted octanol–water partition coefficient (Wildman–Crippen LogP) is 1.72. The maximum absolute atomic E-state index is 12.8. The van der Waals surface area contributed by atoms with Gasteiger partial charge in [-0.15, -0.1) is 0 Å². The summed E-state index contributed by atoms with van der Waals surface area (Å²) in [5.74, 6) is -0.000787. The summed E-state index contributed by atoms with van der Waals surface area (Å²) < 4.78 is 0. The number of piperazine rings is 1. The third-order valence-electron chi connectivity index (χ3n) is 4.06. The topological polar surface area (TPSA) is 65.5 Å². The Morgan fingerprint density at radius 2 is 1.78 bits per heavy atom. The van der Waals surface area contributed by atoms with Crippen LogP contribution in [0.1, 0.15) is 17.3 Å². The van der Waals surface area contributed by atoms with E-state index in [1.54, 1.807) is 22.1 Å². The number of aromatic nitrogens is 1. The monoisotopic (exact) mass is 312 g/mol. The predicted molar refractivity (Wildman–Crippen MR) is 88.3 cm³/mol. The Bertz CT molecular complexity index is 718. The lowest BCUT2D eigenvalue weighted by Gasteiger charge is -2.34. The maximum atomic E-state index is 12.8. The van der Waals surface area contributed by atoms with E-state index in [0.29, 0.717) is 38.3 Å². The first-order chi connectivity index (χ1) is 11.2. The van der Waals surface area contributed by atoms with Gasteiger partial charge in [0.2, 0.25) is 0 Å². The van der Waals surface area contributed by atoms with Crippen LogP contribution in [-0.2, 0) is 0 Å². The van der Waals surface area contributed by atoms with E-state index < -0.39 is 0 Å². The number of nitrogens with one attached hydrogen (secondary N) is 1. The number of para-hydroxylation sites is 1. The Morgan fingerprint density at radius 1 is 1.09 bits per heavy atom. The third kappa shape index (κ3) is 3.11. The van der Waals surface area contributed by atoms with Gasteiger partial charge in [0.05, 0.1) is 11.1 Å². The summed E-state index contributed by atoms with van der Waals surface area (Å²) in [5.41, 5.74) is 1.49. The van der Waals surface area contributed by atoms with Crippen molar-refractivity contribution in [3.8, 4) is 0 Å². The fourth-order valence-corrected chi connectivity index (χ4v) is 2.83. The average molecular weight is 312 g/mol. The average Bonchev–Trinajstić information content (AvgIpc) is 2.61. The third-order valence-corrected chi connectivity index (χ3v) is 4.06. The zero-order valence-electron chi connectivity index (χ0n) is 13.2. The highest BCUT2D eigenvalue weighted by molar-refractivity contribution is 6.06. The van der Waals surface area contributed by atoms with Crippen LogP contribution >= 0.6 is 0 Å². The molecule has 1 saturated heterocycles. The Hall–Kier alpha value is -2.63. The highest BCUT2D eigenvalue weighted by Crippen LogP contribution is 2.18. The molecule has 0 atom stereocenters. The highest BCUT2D eigenvalue weighted by atomic mass is 16.2. The van der Waals surface area contributed by atoms with E-state index >= 15 is 0 Å². The van der Waals surface area contributed by atoms with Gasteiger partial charge in [0.25, 0.3) is 5.91 Å². The number of benzene rings is 1. The number of pyridine rings is 1. The van der Waals surface area contributed by atoms with Crippen molar-refractivity contribution in [1.29, 1.82) is 0 Å². The summed E-state index contributed by atoms with van der Waals surface area (Å²) in [5, 5.41) is 3.66. The molecule has 1 N–H and O–H groups in total. The SMILES string of the molecule is CCNC(=O)N1CCN(C(=O)c2ccnc3ccccc23)CC1. The maximum Gasteiger partial charge on any atom is 0.317 e. The summed E-state index contributed by atoms with van der Waals surface area (Å²) in [6.07, 6.45) is 1.67. The molecule has 0 aliphatic carbocycles. The molecule has 1 aromatic carbocycles. The Labute approximate surface area is 135 Å². The number of carbonyl (C=O) groups excluding carboxylic acids is 2. The standard InChI is InChI=1S/C17H20N4O2/c1-2-18-17(23)21-11-9-20(10-12-21)16(22)14-7-8-19-15-6-4-3-5-13(14)15/h3-8H,2,9-12H2,1H3,(H,18,23). The van der Waals surface area contributed by atoms with Gasteiger partial charge in [0.1, 0.15) is 0 Å².